The van der Waals surface area contributed by atoms with Crippen LogP contribution in [0, 0.1) is 0 Å². The van der Waals surface area contributed by atoms with Crippen LogP contribution in [0.25, 0.3) is 0 Å². The highest BCUT2D eigenvalue weighted by molar-refractivity contribution is 5.58. The Balaban J connectivity index is 2.38. The van der Waals surface area contributed by atoms with Crippen molar-refractivity contribution in [2.75, 3.05) is 26.7 Å². The molecule has 9 heavy (non-hydrogen) atoms. The minimum absolute atomic E-state index is 0.0961. The number of carbonyl (C=O) groups is 1. The van der Waals surface area contributed by atoms with Crippen molar-refractivity contribution in [3.63, 3.8) is 0 Å². The molecule has 1 aliphatic heterocycles. The second-order valence-corrected chi connectivity index (χ2v) is 2.39. The summed E-state index contributed by atoms with van der Waals surface area (Å²) in [6.07, 6.45) is 0.992. The van der Waals surface area contributed by atoms with E-state index in [1.165, 1.54) is 0 Å². The summed E-state index contributed by atoms with van der Waals surface area (Å²) in [5.74, 6) is 0. The highest BCUT2D eigenvalue weighted by atomic mass is 16.1. The number of nitrogens with one attached hydrogen (secondary N) is 1. The summed E-state index contributed by atoms with van der Waals surface area (Å²) in [5.41, 5.74) is 0. The van der Waals surface area contributed by atoms with Crippen molar-refractivity contribution in [2.24, 2.45) is 0 Å². The molecule has 1 heterocycles. The van der Waals surface area contributed by atoms with Crippen molar-refractivity contribution in [1.82, 2.24) is 10.2 Å². The van der Waals surface area contributed by atoms with E-state index >= 15 is 0 Å². The number of rotatable bonds is 1. The van der Waals surface area contributed by atoms with Gasteiger partial charge >= 0.3 is 0 Å². The van der Waals surface area contributed by atoms with Gasteiger partial charge in [0.1, 0.15) is 6.29 Å². The highest BCUT2D eigenvalue weighted by Gasteiger charge is 2.16. The molecule has 3 nitrogen and oxygen atoms in total. The lowest BCUT2D eigenvalue weighted by atomic mass is 10.2. The van der Waals surface area contributed by atoms with Crippen LogP contribution in [-0.4, -0.2) is 43.9 Å². The highest BCUT2D eigenvalue weighted by Crippen LogP contribution is 1.94. The van der Waals surface area contributed by atoms with E-state index in [1.54, 1.807) is 0 Å². The molecule has 0 radical (unpaired) electrons. The van der Waals surface area contributed by atoms with Crippen molar-refractivity contribution < 1.29 is 4.79 Å². The van der Waals surface area contributed by atoms with Crippen LogP contribution in [0.5, 0.6) is 0 Å². The van der Waals surface area contributed by atoms with Crippen LogP contribution in [0.4, 0.5) is 0 Å². The molecule has 3 heteroatoms. The summed E-state index contributed by atoms with van der Waals surface area (Å²) >= 11 is 0. The second kappa shape index (κ2) is 2.94. The van der Waals surface area contributed by atoms with E-state index in [9.17, 15) is 4.79 Å². The number of piperazine rings is 1. The van der Waals surface area contributed by atoms with Gasteiger partial charge in [-0.15, -0.1) is 0 Å². The first kappa shape index (κ1) is 6.71. The van der Waals surface area contributed by atoms with E-state index in [-0.39, 0.29) is 6.04 Å². The molecular formula is C6H12N2O. The molecule has 1 fully saturated rings. The predicted octanol–water partition coefficient (Wildman–Crippen LogP) is -0.911. The fraction of sp³-hybridized carbons (Fsp3) is 0.833. The van der Waals surface area contributed by atoms with Gasteiger partial charge < -0.3 is 10.1 Å². The molecule has 1 atom stereocenters. The Kier molecular flexibility index (Phi) is 2.19. The normalized spacial score (nSPS) is 30.1. The smallest absolute Gasteiger partial charge is 0.138 e. The van der Waals surface area contributed by atoms with Crippen LogP contribution < -0.4 is 5.32 Å². The summed E-state index contributed by atoms with van der Waals surface area (Å²) in [4.78, 5) is 12.3. The van der Waals surface area contributed by atoms with Gasteiger partial charge in [0.15, 0.2) is 0 Å². The van der Waals surface area contributed by atoms with Gasteiger partial charge in [-0.05, 0) is 7.05 Å². The molecule has 0 aromatic heterocycles. The molecule has 1 N–H and O–H groups in total. The zero-order valence-electron chi connectivity index (χ0n) is 5.63. The number of hydrogen-bond acceptors (Lipinski definition) is 3. The first-order valence-electron chi connectivity index (χ1n) is 3.21. The maximum atomic E-state index is 10.3. The number of hydrogen-bond donors (Lipinski definition) is 1. The number of likely N-dealkylation sites (N-methyl/N-ethyl adjacent to an activating group) is 1. The van der Waals surface area contributed by atoms with Gasteiger partial charge in [0.25, 0.3) is 0 Å². The van der Waals surface area contributed by atoms with Crippen LogP contribution in [0.2, 0.25) is 0 Å². The van der Waals surface area contributed by atoms with Crippen molar-refractivity contribution in [3.05, 3.63) is 0 Å². The number of nitrogens with zero attached hydrogens (tertiary/aromatic N) is 1. The summed E-state index contributed by atoms with van der Waals surface area (Å²) in [6.45, 7) is 2.78. The van der Waals surface area contributed by atoms with Gasteiger partial charge in [0, 0.05) is 19.6 Å². The van der Waals surface area contributed by atoms with Crippen LogP contribution in [0.1, 0.15) is 0 Å². The molecule has 0 aliphatic carbocycles. The Morgan fingerprint density at radius 1 is 1.78 bits per heavy atom. The van der Waals surface area contributed by atoms with Crippen LogP contribution in [-0.2, 0) is 4.79 Å². The molecule has 52 valence electrons. The average Bonchev–Trinajstić information content (AvgIpc) is 1.89. The summed E-state index contributed by atoms with van der Waals surface area (Å²) in [5, 5.41) is 3.14. The molecule has 1 unspecified atom stereocenters. The Bertz CT molecular complexity index is 105. The van der Waals surface area contributed by atoms with Crippen LogP contribution in [0.3, 0.4) is 0 Å². The quantitative estimate of drug-likeness (QED) is 0.464. The molecule has 1 aliphatic rings. The molecule has 0 aromatic rings. The molecule has 0 amide bonds. The lowest BCUT2D eigenvalue weighted by Crippen LogP contribution is -2.49. The fourth-order valence-electron chi connectivity index (χ4n) is 0.979. The fourth-order valence-corrected chi connectivity index (χ4v) is 0.979. The maximum absolute atomic E-state index is 10.3. The van der Waals surface area contributed by atoms with E-state index in [0.717, 1.165) is 25.9 Å². The Hall–Kier alpha value is -0.410. The first-order chi connectivity index (χ1) is 4.34. The van der Waals surface area contributed by atoms with Gasteiger partial charge in [0.05, 0.1) is 6.04 Å². The largest absolute Gasteiger partial charge is 0.313 e. The van der Waals surface area contributed by atoms with Crippen molar-refractivity contribution in [1.29, 1.82) is 0 Å². The SMILES string of the molecule is CN1CCNCC1C=O. The van der Waals surface area contributed by atoms with E-state index in [2.05, 4.69) is 10.2 Å². The van der Waals surface area contributed by atoms with Crippen molar-refractivity contribution in [3.8, 4) is 0 Å². The lowest BCUT2D eigenvalue weighted by molar-refractivity contribution is -0.112. The zero-order chi connectivity index (χ0) is 6.69. The van der Waals surface area contributed by atoms with Crippen LogP contribution in [0.15, 0.2) is 0 Å². The third-order valence-corrected chi connectivity index (χ3v) is 1.72. The monoisotopic (exact) mass is 128 g/mol. The van der Waals surface area contributed by atoms with Gasteiger partial charge in [-0.25, -0.2) is 0 Å². The predicted molar refractivity (Wildman–Crippen MR) is 35.4 cm³/mol. The molecule has 0 saturated carbocycles. The molecule has 1 rings (SSSR count). The van der Waals surface area contributed by atoms with E-state index in [1.807, 2.05) is 7.05 Å². The van der Waals surface area contributed by atoms with Crippen molar-refractivity contribution >= 4 is 6.29 Å². The Labute approximate surface area is 55.0 Å². The van der Waals surface area contributed by atoms with Gasteiger partial charge in [-0.3, -0.25) is 4.90 Å². The summed E-state index contributed by atoms with van der Waals surface area (Å²) in [6, 6.07) is 0.0961. The minimum Gasteiger partial charge on any atom is -0.313 e. The minimum atomic E-state index is 0.0961. The second-order valence-electron chi connectivity index (χ2n) is 2.39. The van der Waals surface area contributed by atoms with Gasteiger partial charge in [-0.1, -0.05) is 0 Å². The van der Waals surface area contributed by atoms with Gasteiger partial charge in [0.2, 0.25) is 0 Å². The molecular weight excluding hydrogens is 116 g/mol. The third kappa shape index (κ3) is 1.50. The molecule has 0 spiro atoms. The lowest BCUT2D eigenvalue weighted by Gasteiger charge is -2.28. The van der Waals surface area contributed by atoms with Crippen LogP contribution >= 0.6 is 0 Å². The summed E-state index contributed by atoms with van der Waals surface area (Å²) < 4.78 is 0. The van der Waals surface area contributed by atoms with E-state index < -0.39 is 0 Å². The first-order valence-corrected chi connectivity index (χ1v) is 3.21. The standard InChI is InChI=1S/C6H12N2O/c1-8-3-2-7-4-6(8)5-9/h5-7H,2-4H2,1H3. The van der Waals surface area contributed by atoms with Crippen molar-refractivity contribution in [2.45, 2.75) is 6.04 Å². The zero-order valence-corrected chi connectivity index (χ0v) is 5.63. The maximum Gasteiger partial charge on any atom is 0.138 e. The molecule has 0 bridgehead atoms. The van der Waals surface area contributed by atoms with E-state index in [0.29, 0.717) is 0 Å². The number of carbonyl (C=O) groups excluding carboxylic acids is 1. The topological polar surface area (TPSA) is 32.3 Å². The average molecular weight is 128 g/mol. The third-order valence-electron chi connectivity index (χ3n) is 1.72. The molecule has 1 saturated heterocycles. The van der Waals surface area contributed by atoms with E-state index in [4.69, 9.17) is 0 Å². The Morgan fingerprint density at radius 3 is 3.00 bits per heavy atom. The molecule has 0 aromatic carbocycles. The Morgan fingerprint density at radius 2 is 2.56 bits per heavy atom. The number of aldehydes is 1. The van der Waals surface area contributed by atoms with Gasteiger partial charge in [-0.2, -0.15) is 0 Å². The summed E-state index contributed by atoms with van der Waals surface area (Å²) in [7, 11) is 1.97.